The summed E-state index contributed by atoms with van der Waals surface area (Å²) in [7, 11) is 0. The summed E-state index contributed by atoms with van der Waals surface area (Å²) in [4.78, 5) is 1.81. The van der Waals surface area contributed by atoms with Gasteiger partial charge in [0.05, 0.1) is 0 Å². The predicted molar refractivity (Wildman–Crippen MR) is 61.2 cm³/mol. The molecule has 0 radical (unpaired) electrons. The van der Waals surface area contributed by atoms with Crippen molar-refractivity contribution in [2.24, 2.45) is 5.92 Å². The molecule has 0 aliphatic carbocycles. The highest BCUT2D eigenvalue weighted by molar-refractivity contribution is 5.32. The maximum absolute atomic E-state index is 9.97. The van der Waals surface area contributed by atoms with Crippen molar-refractivity contribution in [1.29, 1.82) is 0 Å². The lowest BCUT2D eigenvalue weighted by Gasteiger charge is -2.38. The minimum atomic E-state index is -0.896. The lowest BCUT2D eigenvalue weighted by atomic mass is 9.96. The van der Waals surface area contributed by atoms with Crippen LogP contribution in [0, 0.1) is 5.92 Å². The van der Waals surface area contributed by atoms with Gasteiger partial charge in [-0.2, -0.15) is 0 Å². The number of nitrogens with zero attached hydrogens (tertiary/aromatic N) is 1. The predicted octanol–water partition coefficient (Wildman–Crippen LogP) is 2.40. The van der Waals surface area contributed by atoms with E-state index in [-0.39, 0.29) is 17.7 Å². The number of allylic oxidation sites excluding steroid dienone is 3. The van der Waals surface area contributed by atoms with Gasteiger partial charge in [0, 0.05) is 11.7 Å². The summed E-state index contributed by atoms with van der Waals surface area (Å²) in [6.07, 6.45) is 1.06. The molecule has 0 saturated carbocycles. The first-order chi connectivity index (χ1) is 6.86. The highest BCUT2D eigenvalue weighted by atomic mass is 16.3. The zero-order valence-electron chi connectivity index (χ0n) is 10.2. The van der Waals surface area contributed by atoms with Crippen molar-refractivity contribution in [2.75, 3.05) is 0 Å². The fraction of sp³-hybridized carbons (Fsp3) is 0.667. The summed E-state index contributed by atoms with van der Waals surface area (Å²) in [5.74, 6) is 0.313. The van der Waals surface area contributed by atoms with Gasteiger partial charge in [-0.25, -0.2) is 0 Å². The first-order valence-corrected chi connectivity index (χ1v) is 5.44. The SMILES string of the molecule is CC1=CC(C(C)C)=C(O)C(O)N1C(C)C. The Kier molecular flexibility index (Phi) is 3.45. The molecule has 1 aliphatic rings. The number of aliphatic hydroxyl groups excluding tert-OH is 2. The molecule has 0 aromatic heterocycles. The highest BCUT2D eigenvalue weighted by Crippen LogP contribution is 2.29. The number of aliphatic hydroxyl groups is 2. The van der Waals surface area contributed by atoms with Gasteiger partial charge < -0.3 is 15.1 Å². The molecule has 1 heterocycles. The normalized spacial score (nSPS) is 22.8. The molecule has 1 atom stereocenters. The van der Waals surface area contributed by atoms with Gasteiger partial charge in [-0.15, -0.1) is 0 Å². The monoisotopic (exact) mass is 211 g/mol. The van der Waals surface area contributed by atoms with Crippen molar-refractivity contribution in [2.45, 2.75) is 46.9 Å². The molecule has 3 heteroatoms. The Bertz CT molecular complexity index is 303. The average molecular weight is 211 g/mol. The van der Waals surface area contributed by atoms with Gasteiger partial charge in [0.2, 0.25) is 0 Å². The fourth-order valence-corrected chi connectivity index (χ4v) is 2.00. The van der Waals surface area contributed by atoms with E-state index in [1.54, 1.807) is 4.90 Å². The summed E-state index contributed by atoms with van der Waals surface area (Å²) in [6.45, 7) is 9.96. The molecule has 3 nitrogen and oxygen atoms in total. The first kappa shape index (κ1) is 12.1. The molecule has 1 rings (SSSR count). The first-order valence-electron chi connectivity index (χ1n) is 5.44. The smallest absolute Gasteiger partial charge is 0.186 e. The zero-order chi connectivity index (χ0) is 11.7. The summed E-state index contributed by atoms with van der Waals surface area (Å²) < 4.78 is 0. The van der Waals surface area contributed by atoms with Crippen molar-refractivity contribution >= 4 is 0 Å². The third-order valence-corrected chi connectivity index (χ3v) is 2.75. The lowest BCUT2D eigenvalue weighted by Crippen LogP contribution is -2.42. The molecule has 0 amide bonds. The summed E-state index contributed by atoms with van der Waals surface area (Å²) >= 11 is 0. The van der Waals surface area contributed by atoms with Crippen LogP contribution in [-0.4, -0.2) is 27.4 Å². The molecule has 86 valence electrons. The minimum absolute atomic E-state index is 0.0873. The molecular formula is C12H21NO2. The van der Waals surface area contributed by atoms with Crippen LogP contribution in [0.1, 0.15) is 34.6 Å². The van der Waals surface area contributed by atoms with Crippen LogP contribution in [0.4, 0.5) is 0 Å². The molecule has 0 fully saturated rings. The molecule has 0 saturated heterocycles. The summed E-state index contributed by atoms with van der Waals surface area (Å²) in [5, 5.41) is 19.9. The molecule has 15 heavy (non-hydrogen) atoms. The van der Waals surface area contributed by atoms with Crippen LogP contribution in [0.15, 0.2) is 23.1 Å². The van der Waals surface area contributed by atoms with E-state index in [1.165, 1.54) is 0 Å². The van der Waals surface area contributed by atoms with E-state index in [9.17, 15) is 10.2 Å². The van der Waals surface area contributed by atoms with Gasteiger partial charge in [-0.05, 0) is 38.3 Å². The number of hydrogen-bond donors (Lipinski definition) is 2. The summed E-state index contributed by atoms with van der Waals surface area (Å²) in [6, 6.07) is 0.173. The van der Waals surface area contributed by atoms with E-state index in [1.807, 2.05) is 40.7 Å². The van der Waals surface area contributed by atoms with E-state index < -0.39 is 6.23 Å². The van der Waals surface area contributed by atoms with Crippen LogP contribution in [0.5, 0.6) is 0 Å². The standard InChI is InChI=1S/C12H21NO2/c1-7(2)10-6-9(5)13(8(3)4)12(15)11(10)14/h6-8,12,14-15H,1-5H3. The molecule has 0 spiro atoms. The van der Waals surface area contributed by atoms with E-state index in [0.717, 1.165) is 11.3 Å². The molecule has 0 bridgehead atoms. The molecule has 1 aliphatic heterocycles. The maximum atomic E-state index is 9.97. The Morgan fingerprint density at radius 2 is 1.80 bits per heavy atom. The van der Waals surface area contributed by atoms with Crippen LogP contribution < -0.4 is 0 Å². The van der Waals surface area contributed by atoms with E-state index in [0.29, 0.717) is 0 Å². The second-order valence-electron chi connectivity index (χ2n) is 4.66. The van der Waals surface area contributed by atoms with E-state index >= 15 is 0 Å². The zero-order valence-corrected chi connectivity index (χ0v) is 10.2. The van der Waals surface area contributed by atoms with E-state index in [4.69, 9.17) is 0 Å². The molecule has 0 aromatic rings. The van der Waals surface area contributed by atoms with Gasteiger partial charge in [0.15, 0.2) is 6.23 Å². The third-order valence-electron chi connectivity index (χ3n) is 2.75. The van der Waals surface area contributed by atoms with Crippen LogP contribution in [0.2, 0.25) is 0 Å². The van der Waals surface area contributed by atoms with Gasteiger partial charge in [-0.3, -0.25) is 0 Å². The average Bonchev–Trinajstić information content (AvgIpc) is 2.10. The number of hydrogen-bond acceptors (Lipinski definition) is 3. The Labute approximate surface area is 91.7 Å². The molecular weight excluding hydrogens is 190 g/mol. The second kappa shape index (κ2) is 4.27. The van der Waals surface area contributed by atoms with Crippen LogP contribution in [0.25, 0.3) is 0 Å². The highest BCUT2D eigenvalue weighted by Gasteiger charge is 2.29. The number of rotatable bonds is 2. The van der Waals surface area contributed by atoms with Gasteiger partial charge in [0.1, 0.15) is 5.76 Å². The van der Waals surface area contributed by atoms with Crippen molar-refractivity contribution < 1.29 is 10.2 Å². The third kappa shape index (κ3) is 2.17. The van der Waals surface area contributed by atoms with Crippen LogP contribution in [0.3, 0.4) is 0 Å². The van der Waals surface area contributed by atoms with Crippen LogP contribution >= 0.6 is 0 Å². The van der Waals surface area contributed by atoms with E-state index in [2.05, 4.69) is 0 Å². The maximum Gasteiger partial charge on any atom is 0.186 e. The Hall–Kier alpha value is -0.960. The van der Waals surface area contributed by atoms with Crippen molar-refractivity contribution in [3.05, 3.63) is 23.1 Å². The van der Waals surface area contributed by atoms with Crippen LogP contribution in [-0.2, 0) is 0 Å². The Morgan fingerprint density at radius 1 is 1.27 bits per heavy atom. The van der Waals surface area contributed by atoms with Gasteiger partial charge in [0.25, 0.3) is 0 Å². The minimum Gasteiger partial charge on any atom is -0.507 e. The van der Waals surface area contributed by atoms with Gasteiger partial charge in [-0.1, -0.05) is 13.8 Å². The fourth-order valence-electron chi connectivity index (χ4n) is 2.00. The van der Waals surface area contributed by atoms with Crippen molar-refractivity contribution in [1.82, 2.24) is 4.90 Å². The van der Waals surface area contributed by atoms with Crippen molar-refractivity contribution in [3.8, 4) is 0 Å². The Morgan fingerprint density at radius 3 is 2.20 bits per heavy atom. The lowest BCUT2D eigenvalue weighted by molar-refractivity contribution is 0.00254. The largest absolute Gasteiger partial charge is 0.507 e. The second-order valence-corrected chi connectivity index (χ2v) is 4.66. The van der Waals surface area contributed by atoms with Crippen molar-refractivity contribution in [3.63, 3.8) is 0 Å². The molecule has 1 unspecified atom stereocenters. The quantitative estimate of drug-likeness (QED) is 0.737. The van der Waals surface area contributed by atoms with Gasteiger partial charge >= 0.3 is 0 Å². The summed E-state index contributed by atoms with van der Waals surface area (Å²) in [5.41, 5.74) is 1.83. The Balaban J connectivity index is 3.09. The molecule has 2 N–H and O–H groups in total. The topological polar surface area (TPSA) is 43.7 Å². The molecule has 0 aromatic carbocycles.